The van der Waals surface area contributed by atoms with Crippen molar-refractivity contribution in [1.29, 1.82) is 0 Å². The van der Waals surface area contributed by atoms with Gasteiger partial charge in [0, 0.05) is 23.5 Å². The number of piperidine rings is 1. The molecule has 3 nitrogen and oxygen atoms in total. The van der Waals surface area contributed by atoms with Crippen LogP contribution in [0.25, 0.3) is 0 Å². The smallest absolute Gasteiger partial charge is 0.252 e. The maximum absolute atomic E-state index is 11.6. The molecule has 1 amide bonds. The molecule has 90 valence electrons. The Labute approximate surface area is 106 Å². The van der Waals surface area contributed by atoms with Crippen molar-refractivity contribution in [3.63, 3.8) is 0 Å². The first-order valence-electron chi connectivity index (χ1n) is 5.40. The summed E-state index contributed by atoms with van der Waals surface area (Å²) in [7, 11) is 0. The SMILES string of the molecule is Cl.O=C(NCC1CCCCN1)c1ccsc1. The fourth-order valence-corrected chi connectivity index (χ4v) is 2.45. The van der Waals surface area contributed by atoms with Crippen LogP contribution in [-0.4, -0.2) is 25.0 Å². The molecule has 0 bridgehead atoms. The van der Waals surface area contributed by atoms with Crippen LogP contribution in [0.1, 0.15) is 29.6 Å². The second kappa shape index (κ2) is 6.89. The number of hydrogen-bond donors (Lipinski definition) is 2. The highest BCUT2D eigenvalue weighted by atomic mass is 35.5. The zero-order valence-electron chi connectivity index (χ0n) is 9.07. The van der Waals surface area contributed by atoms with Gasteiger partial charge in [0.15, 0.2) is 0 Å². The lowest BCUT2D eigenvalue weighted by molar-refractivity contribution is 0.0948. The maximum atomic E-state index is 11.6. The second-order valence-corrected chi connectivity index (χ2v) is 4.65. The highest BCUT2D eigenvalue weighted by Crippen LogP contribution is 2.07. The van der Waals surface area contributed by atoms with Crippen molar-refractivity contribution in [2.75, 3.05) is 13.1 Å². The van der Waals surface area contributed by atoms with Crippen molar-refractivity contribution in [2.24, 2.45) is 0 Å². The molecule has 0 aromatic carbocycles. The van der Waals surface area contributed by atoms with E-state index in [1.165, 1.54) is 19.3 Å². The number of thiophene rings is 1. The van der Waals surface area contributed by atoms with Crippen LogP contribution in [0.4, 0.5) is 0 Å². The fraction of sp³-hybridized carbons (Fsp3) is 0.545. The summed E-state index contributed by atoms with van der Waals surface area (Å²) >= 11 is 1.55. The van der Waals surface area contributed by atoms with E-state index in [-0.39, 0.29) is 18.3 Å². The van der Waals surface area contributed by atoms with Crippen molar-refractivity contribution >= 4 is 29.7 Å². The molecule has 0 saturated carbocycles. The lowest BCUT2D eigenvalue weighted by atomic mass is 10.1. The summed E-state index contributed by atoms with van der Waals surface area (Å²) in [5.41, 5.74) is 0.774. The van der Waals surface area contributed by atoms with Gasteiger partial charge in [-0.15, -0.1) is 12.4 Å². The number of nitrogens with one attached hydrogen (secondary N) is 2. The Morgan fingerprint density at radius 1 is 1.56 bits per heavy atom. The van der Waals surface area contributed by atoms with Crippen LogP contribution in [0.3, 0.4) is 0 Å². The molecule has 2 heterocycles. The lowest BCUT2D eigenvalue weighted by Crippen LogP contribution is -2.43. The van der Waals surface area contributed by atoms with E-state index in [1.807, 2.05) is 16.8 Å². The van der Waals surface area contributed by atoms with E-state index < -0.39 is 0 Å². The average Bonchev–Trinajstić information content (AvgIpc) is 2.81. The van der Waals surface area contributed by atoms with E-state index in [0.29, 0.717) is 6.04 Å². The predicted molar refractivity (Wildman–Crippen MR) is 69.5 cm³/mol. The van der Waals surface area contributed by atoms with Gasteiger partial charge in [0.25, 0.3) is 5.91 Å². The zero-order valence-corrected chi connectivity index (χ0v) is 10.7. The first kappa shape index (κ1) is 13.5. The molecule has 1 aromatic rings. The highest BCUT2D eigenvalue weighted by Gasteiger charge is 2.13. The third kappa shape index (κ3) is 3.77. The minimum absolute atomic E-state index is 0. The van der Waals surface area contributed by atoms with Gasteiger partial charge in [-0.2, -0.15) is 11.3 Å². The fourth-order valence-electron chi connectivity index (χ4n) is 1.81. The van der Waals surface area contributed by atoms with Gasteiger partial charge in [0.2, 0.25) is 0 Å². The third-order valence-electron chi connectivity index (χ3n) is 2.70. The minimum Gasteiger partial charge on any atom is -0.350 e. The molecule has 0 spiro atoms. The quantitative estimate of drug-likeness (QED) is 0.873. The number of halogens is 1. The summed E-state index contributed by atoms with van der Waals surface area (Å²) < 4.78 is 0. The minimum atomic E-state index is 0. The van der Waals surface area contributed by atoms with E-state index in [9.17, 15) is 4.79 Å². The van der Waals surface area contributed by atoms with Gasteiger partial charge in [0.1, 0.15) is 0 Å². The Balaban J connectivity index is 0.00000128. The highest BCUT2D eigenvalue weighted by molar-refractivity contribution is 7.08. The molecule has 1 atom stereocenters. The standard InChI is InChI=1S/C11H16N2OS.ClH/c14-11(9-4-6-15-8-9)13-7-10-3-1-2-5-12-10;/h4,6,8,10,12H,1-3,5,7H2,(H,13,14);1H. The number of carbonyl (C=O) groups excluding carboxylic acids is 1. The Morgan fingerprint density at radius 3 is 3.06 bits per heavy atom. The molecule has 1 aliphatic rings. The van der Waals surface area contributed by atoms with E-state index >= 15 is 0 Å². The largest absolute Gasteiger partial charge is 0.350 e. The van der Waals surface area contributed by atoms with Gasteiger partial charge in [-0.25, -0.2) is 0 Å². The van der Waals surface area contributed by atoms with Crippen molar-refractivity contribution in [3.8, 4) is 0 Å². The predicted octanol–water partition coefficient (Wildman–Crippen LogP) is 2.04. The van der Waals surface area contributed by atoms with Gasteiger partial charge in [-0.05, 0) is 30.8 Å². The van der Waals surface area contributed by atoms with Crippen LogP contribution >= 0.6 is 23.7 Å². The molecule has 2 N–H and O–H groups in total. The first-order chi connectivity index (χ1) is 7.36. The van der Waals surface area contributed by atoms with Crippen molar-refractivity contribution in [2.45, 2.75) is 25.3 Å². The third-order valence-corrected chi connectivity index (χ3v) is 3.39. The first-order valence-corrected chi connectivity index (χ1v) is 6.34. The number of amides is 1. The van der Waals surface area contributed by atoms with Crippen LogP contribution in [0.2, 0.25) is 0 Å². The molecule has 16 heavy (non-hydrogen) atoms. The molecule has 5 heteroatoms. The number of rotatable bonds is 3. The molecular formula is C11H17ClN2OS. The van der Waals surface area contributed by atoms with Gasteiger partial charge in [-0.1, -0.05) is 6.42 Å². The second-order valence-electron chi connectivity index (χ2n) is 3.87. The number of carbonyl (C=O) groups is 1. The summed E-state index contributed by atoms with van der Waals surface area (Å²) in [5.74, 6) is 0.0450. The van der Waals surface area contributed by atoms with Crippen LogP contribution in [-0.2, 0) is 0 Å². The van der Waals surface area contributed by atoms with Gasteiger partial charge in [-0.3, -0.25) is 4.79 Å². The van der Waals surface area contributed by atoms with Crippen LogP contribution in [0.15, 0.2) is 16.8 Å². The maximum Gasteiger partial charge on any atom is 0.252 e. The van der Waals surface area contributed by atoms with Crippen LogP contribution in [0.5, 0.6) is 0 Å². The molecule has 2 rings (SSSR count). The van der Waals surface area contributed by atoms with Crippen LogP contribution in [0, 0.1) is 0 Å². The van der Waals surface area contributed by atoms with Crippen molar-refractivity contribution in [3.05, 3.63) is 22.4 Å². The number of hydrogen-bond acceptors (Lipinski definition) is 3. The summed E-state index contributed by atoms with van der Waals surface area (Å²) in [6.07, 6.45) is 3.70. The van der Waals surface area contributed by atoms with Gasteiger partial charge >= 0.3 is 0 Å². The van der Waals surface area contributed by atoms with Crippen molar-refractivity contribution in [1.82, 2.24) is 10.6 Å². The van der Waals surface area contributed by atoms with Crippen molar-refractivity contribution < 1.29 is 4.79 Å². The molecule has 1 aromatic heterocycles. The summed E-state index contributed by atoms with van der Waals surface area (Å²) in [6, 6.07) is 2.32. The Hall–Kier alpha value is -0.580. The molecule has 1 unspecified atom stereocenters. The summed E-state index contributed by atoms with van der Waals surface area (Å²) in [6.45, 7) is 1.83. The molecule has 0 aliphatic carbocycles. The zero-order chi connectivity index (χ0) is 10.5. The Bertz CT molecular complexity index is 310. The average molecular weight is 261 g/mol. The Morgan fingerprint density at radius 2 is 2.44 bits per heavy atom. The topological polar surface area (TPSA) is 41.1 Å². The molecule has 0 radical (unpaired) electrons. The van der Waals surface area contributed by atoms with E-state index in [2.05, 4.69) is 10.6 Å². The molecule has 1 fully saturated rings. The molecule has 1 aliphatic heterocycles. The lowest BCUT2D eigenvalue weighted by Gasteiger charge is -2.23. The van der Waals surface area contributed by atoms with Gasteiger partial charge < -0.3 is 10.6 Å². The summed E-state index contributed by atoms with van der Waals surface area (Å²) in [5, 5.41) is 10.2. The van der Waals surface area contributed by atoms with Gasteiger partial charge in [0.05, 0.1) is 0 Å². The summed E-state index contributed by atoms with van der Waals surface area (Å²) in [4.78, 5) is 11.6. The molecule has 1 saturated heterocycles. The van der Waals surface area contributed by atoms with E-state index in [4.69, 9.17) is 0 Å². The molecular weight excluding hydrogens is 244 g/mol. The normalized spacial score (nSPS) is 19.9. The van der Waals surface area contributed by atoms with E-state index in [1.54, 1.807) is 11.3 Å². The Kier molecular flexibility index (Phi) is 5.80. The van der Waals surface area contributed by atoms with E-state index in [0.717, 1.165) is 18.7 Å². The van der Waals surface area contributed by atoms with Crippen LogP contribution < -0.4 is 10.6 Å². The monoisotopic (exact) mass is 260 g/mol.